The van der Waals surface area contributed by atoms with E-state index in [1.807, 2.05) is 12.1 Å². The highest BCUT2D eigenvalue weighted by Crippen LogP contribution is 2.37. The summed E-state index contributed by atoms with van der Waals surface area (Å²) in [6.45, 7) is 7.42. The van der Waals surface area contributed by atoms with Crippen LogP contribution in [0, 0.1) is 5.92 Å². The van der Waals surface area contributed by atoms with E-state index in [0.29, 0.717) is 23.0 Å². The Bertz CT molecular complexity index is 1180. The van der Waals surface area contributed by atoms with E-state index < -0.39 is 0 Å². The van der Waals surface area contributed by atoms with Gasteiger partial charge in [0.25, 0.3) is 5.91 Å². The zero-order chi connectivity index (χ0) is 23.7. The molecule has 1 amide bonds. The zero-order valence-electron chi connectivity index (χ0n) is 19.2. The van der Waals surface area contributed by atoms with Gasteiger partial charge in [0, 0.05) is 49.9 Å². The second-order valence-corrected chi connectivity index (χ2v) is 9.27. The minimum atomic E-state index is -0.273. The molecule has 2 aliphatic rings. The molecule has 178 valence electrons. The molecule has 1 unspecified atom stereocenters. The lowest BCUT2D eigenvalue weighted by Gasteiger charge is -2.23. The van der Waals surface area contributed by atoms with Gasteiger partial charge in [-0.25, -0.2) is 0 Å². The number of aromatic nitrogens is 4. The van der Waals surface area contributed by atoms with Crippen LogP contribution >= 0.6 is 11.6 Å². The van der Waals surface area contributed by atoms with Gasteiger partial charge in [-0.2, -0.15) is 0 Å². The Kier molecular flexibility index (Phi) is 6.38. The fourth-order valence-electron chi connectivity index (χ4n) is 4.34. The van der Waals surface area contributed by atoms with Crippen LogP contribution in [0.2, 0.25) is 5.02 Å². The highest BCUT2D eigenvalue weighted by molar-refractivity contribution is 6.31. The van der Waals surface area contributed by atoms with Crippen molar-refractivity contribution in [2.24, 2.45) is 5.92 Å². The molecule has 2 aromatic heterocycles. The maximum Gasteiger partial charge on any atom is 0.270 e. The number of halogens is 1. The summed E-state index contributed by atoms with van der Waals surface area (Å²) in [5, 5.41) is 12.7. The average molecular weight is 483 g/mol. The fraction of sp³-hybridized carbons (Fsp3) is 0.417. The number of nitrogens with zero attached hydrogens (tertiary/aromatic N) is 5. The number of pyridine rings is 1. The standard InChI is InChI=1S/C24H27ClN6O3/c1-15(2)22(27-24(32)18-5-3-4-7-26-18)23-29-28-21-6-8-30(9-10-31(21)23)13-16-11-19-20(12-17(16)25)34-14-33-19/h3-5,7,11-12,15,22H,6,8-10,13-14H2,1-2H3,(H,27,32). The molecule has 34 heavy (non-hydrogen) atoms. The van der Waals surface area contributed by atoms with E-state index in [4.69, 9.17) is 21.1 Å². The molecular weight excluding hydrogens is 456 g/mol. The maximum atomic E-state index is 12.8. The third-order valence-electron chi connectivity index (χ3n) is 6.21. The predicted molar refractivity (Wildman–Crippen MR) is 126 cm³/mol. The van der Waals surface area contributed by atoms with Crippen LogP contribution in [0.4, 0.5) is 0 Å². The van der Waals surface area contributed by atoms with Gasteiger partial charge in [-0.05, 0) is 29.7 Å². The Morgan fingerprint density at radius 1 is 1.15 bits per heavy atom. The van der Waals surface area contributed by atoms with Crippen molar-refractivity contribution in [1.29, 1.82) is 0 Å². The Hall–Kier alpha value is -3.17. The molecule has 1 N–H and O–H groups in total. The third kappa shape index (κ3) is 4.58. The van der Waals surface area contributed by atoms with E-state index in [-0.39, 0.29) is 24.7 Å². The van der Waals surface area contributed by atoms with Crippen molar-refractivity contribution >= 4 is 17.5 Å². The number of hydrogen-bond donors (Lipinski definition) is 1. The predicted octanol–water partition coefficient (Wildman–Crippen LogP) is 3.24. The molecule has 9 nitrogen and oxygen atoms in total. The van der Waals surface area contributed by atoms with Gasteiger partial charge in [0.15, 0.2) is 17.3 Å². The van der Waals surface area contributed by atoms with E-state index in [9.17, 15) is 4.79 Å². The fourth-order valence-corrected chi connectivity index (χ4v) is 4.55. The number of hydrogen-bond acceptors (Lipinski definition) is 7. The lowest BCUT2D eigenvalue weighted by molar-refractivity contribution is 0.0916. The van der Waals surface area contributed by atoms with Gasteiger partial charge in [0.1, 0.15) is 11.5 Å². The van der Waals surface area contributed by atoms with Crippen LogP contribution in [0.3, 0.4) is 0 Å². The molecule has 1 aromatic carbocycles. The van der Waals surface area contributed by atoms with Crippen molar-refractivity contribution in [3.05, 3.63) is 64.5 Å². The third-order valence-corrected chi connectivity index (χ3v) is 6.56. The second-order valence-electron chi connectivity index (χ2n) is 8.86. The monoisotopic (exact) mass is 482 g/mol. The number of nitrogens with one attached hydrogen (secondary N) is 1. The van der Waals surface area contributed by atoms with Crippen LogP contribution < -0.4 is 14.8 Å². The Morgan fingerprint density at radius 3 is 2.74 bits per heavy atom. The molecule has 0 bridgehead atoms. The summed E-state index contributed by atoms with van der Waals surface area (Å²) < 4.78 is 13.1. The van der Waals surface area contributed by atoms with Crippen molar-refractivity contribution in [3.63, 3.8) is 0 Å². The number of benzene rings is 1. The van der Waals surface area contributed by atoms with Crippen LogP contribution in [0.25, 0.3) is 0 Å². The van der Waals surface area contributed by atoms with Gasteiger partial charge in [0.05, 0.1) is 6.04 Å². The minimum absolute atomic E-state index is 0.132. The first-order valence-electron chi connectivity index (χ1n) is 11.4. The Labute approximate surface area is 203 Å². The molecule has 0 aliphatic carbocycles. The highest BCUT2D eigenvalue weighted by Gasteiger charge is 2.28. The first-order valence-corrected chi connectivity index (χ1v) is 11.8. The molecule has 4 heterocycles. The number of amides is 1. The molecule has 3 aromatic rings. The summed E-state index contributed by atoms with van der Waals surface area (Å²) in [5.41, 5.74) is 1.39. The normalized spacial score (nSPS) is 16.2. The molecule has 0 saturated carbocycles. The summed E-state index contributed by atoms with van der Waals surface area (Å²) in [5.74, 6) is 3.03. The Morgan fingerprint density at radius 2 is 1.97 bits per heavy atom. The molecule has 2 aliphatic heterocycles. The summed E-state index contributed by atoms with van der Waals surface area (Å²) in [7, 11) is 0. The largest absolute Gasteiger partial charge is 0.454 e. The van der Waals surface area contributed by atoms with E-state index in [2.05, 4.69) is 43.8 Å². The summed E-state index contributed by atoms with van der Waals surface area (Å²) in [6.07, 6.45) is 2.37. The lowest BCUT2D eigenvalue weighted by Crippen LogP contribution is -2.34. The van der Waals surface area contributed by atoms with Gasteiger partial charge in [-0.1, -0.05) is 31.5 Å². The molecular formula is C24H27ClN6O3. The van der Waals surface area contributed by atoms with Crippen molar-refractivity contribution in [2.75, 3.05) is 19.9 Å². The van der Waals surface area contributed by atoms with Crippen LogP contribution in [-0.4, -0.2) is 50.4 Å². The van der Waals surface area contributed by atoms with Crippen molar-refractivity contribution < 1.29 is 14.3 Å². The van der Waals surface area contributed by atoms with E-state index in [1.165, 1.54) is 0 Å². The smallest absolute Gasteiger partial charge is 0.270 e. The topological polar surface area (TPSA) is 94.4 Å². The Balaban J connectivity index is 1.31. The summed E-state index contributed by atoms with van der Waals surface area (Å²) >= 11 is 6.50. The maximum absolute atomic E-state index is 12.8. The van der Waals surface area contributed by atoms with Gasteiger partial charge in [-0.3, -0.25) is 14.7 Å². The van der Waals surface area contributed by atoms with Gasteiger partial charge < -0.3 is 19.4 Å². The van der Waals surface area contributed by atoms with Crippen LogP contribution in [0.15, 0.2) is 36.5 Å². The summed E-state index contributed by atoms with van der Waals surface area (Å²) in [4.78, 5) is 19.3. The van der Waals surface area contributed by atoms with Crippen molar-refractivity contribution in [1.82, 2.24) is 30.0 Å². The minimum Gasteiger partial charge on any atom is -0.454 e. The number of ether oxygens (including phenoxy) is 2. The molecule has 5 rings (SSSR count). The molecule has 0 saturated heterocycles. The highest BCUT2D eigenvalue weighted by atomic mass is 35.5. The first-order chi connectivity index (χ1) is 16.5. The number of carbonyl (C=O) groups excluding carboxylic acids is 1. The van der Waals surface area contributed by atoms with Crippen molar-refractivity contribution in [3.8, 4) is 11.5 Å². The number of rotatable bonds is 6. The van der Waals surface area contributed by atoms with Crippen LogP contribution in [0.5, 0.6) is 11.5 Å². The SMILES string of the molecule is CC(C)C(NC(=O)c1ccccn1)c1nnc2n1CCN(Cc1cc3c(cc1Cl)OCO3)CC2. The molecule has 1 atom stereocenters. The number of fused-ring (bicyclic) bond motifs is 2. The van der Waals surface area contributed by atoms with E-state index >= 15 is 0 Å². The van der Waals surface area contributed by atoms with Gasteiger partial charge >= 0.3 is 0 Å². The zero-order valence-corrected chi connectivity index (χ0v) is 20.0. The van der Waals surface area contributed by atoms with Gasteiger partial charge in [0.2, 0.25) is 6.79 Å². The first kappa shape index (κ1) is 22.6. The molecule has 10 heteroatoms. The lowest BCUT2D eigenvalue weighted by atomic mass is 10.0. The molecule has 0 fully saturated rings. The van der Waals surface area contributed by atoms with E-state index in [0.717, 1.165) is 49.0 Å². The van der Waals surface area contributed by atoms with Crippen molar-refractivity contribution in [2.45, 2.75) is 39.4 Å². The average Bonchev–Trinajstić information content (AvgIpc) is 3.40. The molecule has 0 spiro atoms. The quantitative estimate of drug-likeness (QED) is 0.576. The van der Waals surface area contributed by atoms with Crippen LogP contribution in [-0.2, 0) is 19.5 Å². The summed E-state index contributed by atoms with van der Waals surface area (Å²) in [6, 6.07) is 8.81. The van der Waals surface area contributed by atoms with Gasteiger partial charge in [-0.15, -0.1) is 10.2 Å². The van der Waals surface area contributed by atoms with Crippen LogP contribution in [0.1, 0.15) is 47.6 Å². The second kappa shape index (κ2) is 9.60. The number of carbonyl (C=O) groups is 1. The van der Waals surface area contributed by atoms with E-state index in [1.54, 1.807) is 24.4 Å². The molecule has 0 radical (unpaired) electrons.